The van der Waals surface area contributed by atoms with Gasteiger partial charge in [0.1, 0.15) is 5.82 Å². The lowest BCUT2D eigenvalue weighted by molar-refractivity contribution is 0.0992. The Bertz CT molecular complexity index is 557. The minimum absolute atomic E-state index is 0.0292. The SMILES string of the molecule is Nc1ncccc1CC(=O)c1cncc(Br)c1. The molecule has 86 valence electrons. The highest BCUT2D eigenvalue weighted by Crippen LogP contribution is 2.14. The summed E-state index contributed by atoms with van der Waals surface area (Å²) in [6.07, 6.45) is 5.01. The summed E-state index contributed by atoms with van der Waals surface area (Å²) in [5.41, 5.74) is 6.98. The zero-order valence-electron chi connectivity index (χ0n) is 8.93. The molecule has 5 heteroatoms. The monoisotopic (exact) mass is 291 g/mol. The molecule has 0 aliphatic carbocycles. The van der Waals surface area contributed by atoms with Crippen molar-refractivity contribution in [2.75, 3.05) is 5.73 Å². The summed E-state index contributed by atoms with van der Waals surface area (Å²) in [5.74, 6) is 0.363. The molecule has 2 aromatic rings. The van der Waals surface area contributed by atoms with Crippen molar-refractivity contribution in [3.8, 4) is 0 Å². The number of nitrogens with zero attached hydrogens (tertiary/aromatic N) is 2. The zero-order chi connectivity index (χ0) is 12.3. The van der Waals surface area contributed by atoms with Gasteiger partial charge in [-0.1, -0.05) is 6.07 Å². The van der Waals surface area contributed by atoms with Gasteiger partial charge in [0.2, 0.25) is 0 Å². The fourth-order valence-electron chi connectivity index (χ4n) is 1.44. The van der Waals surface area contributed by atoms with Gasteiger partial charge in [-0.25, -0.2) is 4.98 Å². The van der Waals surface area contributed by atoms with E-state index in [1.807, 2.05) is 0 Å². The molecular weight excluding hydrogens is 282 g/mol. The summed E-state index contributed by atoms with van der Waals surface area (Å²) in [7, 11) is 0. The van der Waals surface area contributed by atoms with E-state index in [-0.39, 0.29) is 12.2 Å². The molecule has 0 bridgehead atoms. The summed E-state index contributed by atoms with van der Waals surface area (Å²) in [6, 6.07) is 5.30. The number of anilines is 1. The van der Waals surface area contributed by atoms with E-state index in [9.17, 15) is 4.79 Å². The molecule has 0 radical (unpaired) electrons. The van der Waals surface area contributed by atoms with E-state index >= 15 is 0 Å². The Balaban J connectivity index is 2.20. The number of Topliss-reactive ketones (excluding diaryl/α,β-unsaturated/α-hetero) is 1. The van der Waals surface area contributed by atoms with Crippen LogP contribution in [0.1, 0.15) is 15.9 Å². The number of rotatable bonds is 3. The van der Waals surface area contributed by atoms with Crippen LogP contribution in [0, 0.1) is 0 Å². The first kappa shape index (κ1) is 11.7. The van der Waals surface area contributed by atoms with Crippen LogP contribution in [0.15, 0.2) is 41.3 Å². The molecule has 2 aromatic heterocycles. The number of nitrogen functional groups attached to an aromatic ring is 1. The Morgan fingerprint density at radius 2 is 2.24 bits per heavy atom. The quantitative estimate of drug-likeness (QED) is 0.881. The molecule has 0 unspecified atom stereocenters. The van der Waals surface area contributed by atoms with Crippen molar-refractivity contribution in [2.45, 2.75) is 6.42 Å². The van der Waals surface area contributed by atoms with Crippen molar-refractivity contribution < 1.29 is 4.79 Å². The maximum atomic E-state index is 12.0. The summed E-state index contributed by atoms with van der Waals surface area (Å²) in [4.78, 5) is 19.9. The third kappa shape index (κ3) is 2.88. The molecule has 0 saturated heterocycles. The average Bonchev–Trinajstić information content (AvgIpc) is 2.32. The molecule has 0 aromatic carbocycles. The van der Waals surface area contributed by atoms with E-state index in [1.165, 1.54) is 0 Å². The van der Waals surface area contributed by atoms with Crippen molar-refractivity contribution in [1.82, 2.24) is 9.97 Å². The first-order valence-electron chi connectivity index (χ1n) is 5.00. The van der Waals surface area contributed by atoms with Crippen molar-refractivity contribution in [1.29, 1.82) is 0 Å². The second-order valence-electron chi connectivity index (χ2n) is 3.54. The second kappa shape index (κ2) is 5.05. The first-order valence-corrected chi connectivity index (χ1v) is 5.79. The molecule has 0 fully saturated rings. The van der Waals surface area contributed by atoms with E-state index in [0.717, 1.165) is 10.0 Å². The average molecular weight is 292 g/mol. The molecule has 0 aliphatic rings. The van der Waals surface area contributed by atoms with E-state index < -0.39 is 0 Å². The van der Waals surface area contributed by atoms with E-state index in [4.69, 9.17) is 5.73 Å². The summed E-state index contributed by atoms with van der Waals surface area (Å²) < 4.78 is 0.780. The molecule has 4 nitrogen and oxygen atoms in total. The number of ketones is 1. The fraction of sp³-hybridized carbons (Fsp3) is 0.0833. The smallest absolute Gasteiger partial charge is 0.168 e. The number of carbonyl (C=O) groups excluding carboxylic acids is 1. The van der Waals surface area contributed by atoms with Crippen LogP contribution in [0.2, 0.25) is 0 Å². The van der Waals surface area contributed by atoms with E-state index in [0.29, 0.717) is 11.4 Å². The van der Waals surface area contributed by atoms with Gasteiger partial charge in [0, 0.05) is 40.6 Å². The number of carbonyl (C=O) groups is 1. The van der Waals surface area contributed by atoms with Gasteiger partial charge >= 0.3 is 0 Å². The molecule has 0 amide bonds. The third-order valence-corrected chi connectivity index (χ3v) is 2.74. The highest BCUT2D eigenvalue weighted by molar-refractivity contribution is 9.10. The van der Waals surface area contributed by atoms with Gasteiger partial charge in [0.15, 0.2) is 5.78 Å². The van der Waals surface area contributed by atoms with Gasteiger partial charge in [0.05, 0.1) is 0 Å². The Labute approximate surface area is 107 Å². The van der Waals surface area contributed by atoms with Crippen LogP contribution in [-0.4, -0.2) is 15.8 Å². The van der Waals surface area contributed by atoms with Gasteiger partial charge in [-0.15, -0.1) is 0 Å². The number of nitrogens with two attached hydrogens (primary N) is 1. The van der Waals surface area contributed by atoms with Crippen LogP contribution in [0.3, 0.4) is 0 Å². The van der Waals surface area contributed by atoms with Crippen LogP contribution < -0.4 is 5.73 Å². The van der Waals surface area contributed by atoms with Gasteiger partial charge in [0.25, 0.3) is 0 Å². The molecule has 0 spiro atoms. The topological polar surface area (TPSA) is 68.9 Å². The van der Waals surface area contributed by atoms with Crippen molar-refractivity contribution >= 4 is 27.5 Å². The number of halogens is 1. The molecule has 2 N–H and O–H groups in total. The molecule has 0 atom stereocenters. The molecule has 0 saturated carbocycles. The molecular formula is C12H10BrN3O. The highest BCUT2D eigenvalue weighted by atomic mass is 79.9. The number of hydrogen-bond acceptors (Lipinski definition) is 4. The van der Waals surface area contributed by atoms with Gasteiger partial charge in [-0.05, 0) is 28.1 Å². The summed E-state index contributed by atoms with van der Waals surface area (Å²) >= 11 is 3.28. The van der Waals surface area contributed by atoms with Crippen LogP contribution in [0.4, 0.5) is 5.82 Å². The van der Waals surface area contributed by atoms with E-state index in [1.54, 1.807) is 36.8 Å². The summed E-state index contributed by atoms with van der Waals surface area (Å²) in [6.45, 7) is 0. The number of pyridine rings is 2. The zero-order valence-corrected chi connectivity index (χ0v) is 10.5. The predicted molar refractivity (Wildman–Crippen MR) is 68.6 cm³/mol. The van der Waals surface area contributed by atoms with Crippen LogP contribution in [0.25, 0.3) is 0 Å². The Kier molecular flexibility index (Phi) is 3.49. The molecule has 17 heavy (non-hydrogen) atoms. The minimum atomic E-state index is -0.0292. The molecule has 2 rings (SSSR count). The lowest BCUT2D eigenvalue weighted by Crippen LogP contribution is -2.07. The maximum Gasteiger partial charge on any atom is 0.168 e. The van der Waals surface area contributed by atoms with Crippen molar-refractivity contribution in [3.05, 3.63) is 52.4 Å². The van der Waals surface area contributed by atoms with Gasteiger partial charge < -0.3 is 5.73 Å². The van der Waals surface area contributed by atoms with Crippen LogP contribution in [-0.2, 0) is 6.42 Å². The van der Waals surface area contributed by atoms with Crippen LogP contribution >= 0.6 is 15.9 Å². The Morgan fingerprint density at radius 3 is 2.94 bits per heavy atom. The largest absolute Gasteiger partial charge is 0.383 e. The van der Waals surface area contributed by atoms with Crippen molar-refractivity contribution in [2.24, 2.45) is 0 Å². The second-order valence-corrected chi connectivity index (χ2v) is 4.46. The fourth-order valence-corrected chi connectivity index (χ4v) is 1.80. The molecule has 2 heterocycles. The Hall–Kier alpha value is -1.75. The standard InChI is InChI=1S/C12H10BrN3O/c13-10-4-9(6-15-7-10)11(17)5-8-2-1-3-16-12(8)14/h1-4,6-7H,5H2,(H2,14,16). The van der Waals surface area contributed by atoms with Crippen LogP contribution in [0.5, 0.6) is 0 Å². The first-order chi connectivity index (χ1) is 8.16. The lowest BCUT2D eigenvalue weighted by Gasteiger charge is -2.03. The van der Waals surface area contributed by atoms with Gasteiger partial charge in [-0.2, -0.15) is 0 Å². The highest BCUT2D eigenvalue weighted by Gasteiger charge is 2.10. The van der Waals surface area contributed by atoms with Gasteiger partial charge in [-0.3, -0.25) is 9.78 Å². The lowest BCUT2D eigenvalue weighted by atomic mass is 10.1. The number of aromatic nitrogens is 2. The van der Waals surface area contributed by atoms with E-state index in [2.05, 4.69) is 25.9 Å². The summed E-state index contributed by atoms with van der Waals surface area (Å²) in [5, 5.41) is 0. The maximum absolute atomic E-state index is 12.0. The van der Waals surface area contributed by atoms with Crippen molar-refractivity contribution in [3.63, 3.8) is 0 Å². The number of hydrogen-bond donors (Lipinski definition) is 1. The Morgan fingerprint density at radius 1 is 1.41 bits per heavy atom. The third-order valence-electron chi connectivity index (χ3n) is 2.30. The predicted octanol–water partition coefficient (Wildman–Crippen LogP) is 2.25. The minimum Gasteiger partial charge on any atom is -0.383 e. The normalized spacial score (nSPS) is 10.2. The molecule has 0 aliphatic heterocycles.